The number of aromatic nitrogens is 1. The van der Waals surface area contributed by atoms with Gasteiger partial charge in [0.15, 0.2) is 5.96 Å². The van der Waals surface area contributed by atoms with Crippen LogP contribution in [0.25, 0.3) is 0 Å². The molecule has 6 nitrogen and oxygen atoms in total. The Bertz CT molecular complexity index is 551. The van der Waals surface area contributed by atoms with E-state index >= 15 is 0 Å². The molecule has 0 aliphatic carbocycles. The molecule has 0 radical (unpaired) electrons. The molecule has 1 heterocycles. The van der Waals surface area contributed by atoms with Gasteiger partial charge in [-0.25, -0.2) is 4.98 Å². The molecule has 0 unspecified atom stereocenters. The minimum absolute atomic E-state index is 0. The average Bonchev–Trinajstić information content (AvgIpc) is 2.80. The summed E-state index contributed by atoms with van der Waals surface area (Å²) < 4.78 is 0. The number of rotatable bonds is 6. The molecule has 0 aliphatic rings. The molecule has 1 amide bonds. The highest BCUT2D eigenvalue weighted by Crippen LogP contribution is 2.17. The molecule has 0 bridgehead atoms. The Kier molecular flexibility index (Phi) is 10.5. The van der Waals surface area contributed by atoms with Crippen molar-refractivity contribution < 1.29 is 4.79 Å². The quantitative estimate of drug-likeness (QED) is 0.341. The zero-order valence-corrected chi connectivity index (χ0v) is 18.6. The maximum Gasteiger partial charge on any atom is 0.239 e. The number of thiazole rings is 1. The molecule has 138 valence electrons. The van der Waals surface area contributed by atoms with Crippen LogP contribution in [0.2, 0.25) is 0 Å². The first-order chi connectivity index (χ1) is 10.7. The summed E-state index contributed by atoms with van der Waals surface area (Å²) in [6.07, 6.45) is 1.82. The van der Waals surface area contributed by atoms with Gasteiger partial charge in [0.05, 0.1) is 17.2 Å². The van der Waals surface area contributed by atoms with Crippen molar-refractivity contribution in [3.8, 4) is 0 Å². The number of aryl methyl sites for hydroxylation is 2. The average molecular weight is 467 g/mol. The van der Waals surface area contributed by atoms with Gasteiger partial charge >= 0.3 is 0 Å². The van der Waals surface area contributed by atoms with Crippen LogP contribution in [0, 0.1) is 6.92 Å². The molecule has 0 fully saturated rings. The first-order valence-electron chi connectivity index (χ1n) is 7.96. The molecule has 0 spiro atoms. The molecule has 0 saturated carbocycles. The number of halogens is 1. The highest BCUT2D eigenvalue weighted by molar-refractivity contribution is 14.0. The molecule has 24 heavy (non-hydrogen) atoms. The Morgan fingerprint density at radius 3 is 2.46 bits per heavy atom. The summed E-state index contributed by atoms with van der Waals surface area (Å²) >= 11 is 1.75. The summed E-state index contributed by atoms with van der Waals surface area (Å²) in [5.74, 6) is 0.571. The number of carbonyl (C=O) groups excluding carboxylic acids is 1. The van der Waals surface area contributed by atoms with Crippen LogP contribution in [0.3, 0.4) is 0 Å². The van der Waals surface area contributed by atoms with Crippen molar-refractivity contribution in [1.29, 1.82) is 0 Å². The predicted molar refractivity (Wildman–Crippen MR) is 113 cm³/mol. The molecular weight excluding hydrogens is 437 g/mol. The standard InChI is InChI=1S/C16H29N5OS.HI/c1-7-12-11(2)23-14(20-12)8-9-18-15(17-6)19-10-13(22)21-16(3,4)5;/h7-10H2,1-6H3,(H,21,22)(H2,17,18,19);1H. The predicted octanol–water partition coefficient (Wildman–Crippen LogP) is 2.25. The van der Waals surface area contributed by atoms with Crippen molar-refractivity contribution in [2.24, 2.45) is 4.99 Å². The summed E-state index contributed by atoms with van der Waals surface area (Å²) in [7, 11) is 1.69. The first-order valence-corrected chi connectivity index (χ1v) is 8.77. The highest BCUT2D eigenvalue weighted by Gasteiger charge is 2.13. The van der Waals surface area contributed by atoms with Gasteiger partial charge in [-0.1, -0.05) is 6.92 Å². The number of nitrogens with zero attached hydrogens (tertiary/aromatic N) is 2. The van der Waals surface area contributed by atoms with Gasteiger partial charge < -0.3 is 16.0 Å². The van der Waals surface area contributed by atoms with Crippen LogP contribution in [0.4, 0.5) is 0 Å². The van der Waals surface area contributed by atoms with Crippen molar-refractivity contribution in [2.45, 2.75) is 53.0 Å². The van der Waals surface area contributed by atoms with Crippen LogP contribution >= 0.6 is 35.3 Å². The largest absolute Gasteiger partial charge is 0.356 e. The van der Waals surface area contributed by atoms with Crippen LogP contribution in [-0.4, -0.2) is 42.5 Å². The minimum Gasteiger partial charge on any atom is -0.356 e. The fraction of sp³-hybridized carbons (Fsp3) is 0.688. The number of hydrogen-bond acceptors (Lipinski definition) is 4. The van der Waals surface area contributed by atoms with E-state index in [2.05, 4.69) is 39.8 Å². The molecule has 1 rings (SSSR count). The summed E-state index contributed by atoms with van der Waals surface area (Å²) in [6.45, 7) is 11.0. The molecule has 3 N–H and O–H groups in total. The number of aliphatic imine (C=N–C) groups is 1. The number of nitrogens with one attached hydrogen (secondary N) is 3. The second-order valence-electron chi connectivity index (χ2n) is 6.36. The highest BCUT2D eigenvalue weighted by atomic mass is 127. The lowest BCUT2D eigenvalue weighted by molar-refractivity contribution is -0.121. The molecule has 0 saturated heterocycles. The Balaban J connectivity index is 0.00000529. The van der Waals surface area contributed by atoms with E-state index in [4.69, 9.17) is 0 Å². The smallest absolute Gasteiger partial charge is 0.239 e. The zero-order valence-electron chi connectivity index (χ0n) is 15.4. The van der Waals surface area contributed by atoms with E-state index in [1.54, 1.807) is 18.4 Å². The molecule has 0 aromatic carbocycles. The van der Waals surface area contributed by atoms with E-state index in [-0.39, 0.29) is 42.0 Å². The molecular formula is C16H30IN5OS. The Labute approximate surface area is 166 Å². The van der Waals surface area contributed by atoms with Crippen LogP contribution in [0.5, 0.6) is 0 Å². The monoisotopic (exact) mass is 467 g/mol. The number of carbonyl (C=O) groups is 1. The van der Waals surface area contributed by atoms with Gasteiger partial charge in [0.1, 0.15) is 0 Å². The second kappa shape index (κ2) is 10.9. The van der Waals surface area contributed by atoms with Crippen molar-refractivity contribution in [3.63, 3.8) is 0 Å². The van der Waals surface area contributed by atoms with Crippen molar-refractivity contribution in [3.05, 3.63) is 15.6 Å². The fourth-order valence-corrected chi connectivity index (χ4v) is 3.08. The van der Waals surface area contributed by atoms with Crippen LogP contribution in [0.1, 0.15) is 43.3 Å². The summed E-state index contributed by atoms with van der Waals surface area (Å²) in [5, 5.41) is 10.3. The third-order valence-electron chi connectivity index (χ3n) is 3.06. The Morgan fingerprint density at radius 1 is 1.29 bits per heavy atom. The van der Waals surface area contributed by atoms with Crippen LogP contribution < -0.4 is 16.0 Å². The minimum atomic E-state index is -0.227. The summed E-state index contributed by atoms with van der Waals surface area (Å²) in [5.41, 5.74) is 0.960. The molecule has 1 aromatic rings. The molecule has 1 aromatic heterocycles. The van der Waals surface area contributed by atoms with Gasteiger partial charge in [0, 0.05) is 30.4 Å². The Morgan fingerprint density at radius 2 is 1.96 bits per heavy atom. The first kappa shape index (κ1) is 23.1. The topological polar surface area (TPSA) is 78.4 Å². The van der Waals surface area contributed by atoms with E-state index in [0.29, 0.717) is 5.96 Å². The van der Waals surface area contributed by atoms with E-state index in [1.165, 1.54) is 10.6 Å². The van der Waals surface area contributed by atoms with Crippen molar-refractivity contribution >= 4 is 47.2 Å². The lowest BCUT2D eigenvalue weighted by Gasteiger charge is -2.21. The SMILES string of the molecule is CCc1nc(CCNC(=NC)NCC(=O)NC(C)(C)C)sc1C.I. The van der Waals surface area contributed by atoms with Gasteiger partial charge in [-0.3, -0.25) is 9.79 Å². The van der Waals surface area contributed by atoms with E-state index < -0.39 is 0 Å². The van der Waals surface area contributed by atoms with E-state index in [9.17, 15) is 4.79 Å². The Hall–Kier alpha value is -0.900. The maximum atomic E-state index is 11.8. The molecule has 0 atom stereocenters. The van der Waals surface area contributed by atoms with Gasteiger partial charge in [0.25, 0.3) is 0 Å². The zero-order chi connectivity index (χ0) is 17.5. The lowest BCUT2D eigenvalue weighted by atomic mass is 10.1. The number of hydrogen-bond donors (Lipinski definition) is 3. The number of amides is 1. The van der Waals surface area contributed by atoms with Gasteiger partial charge in [-0.15, -0.1) is 35.3 Å². The van der Waals surface area contributed by atoms with Crippen molar-refractivity contribution in [1.82, 2.24) is 20.9 Å². The van der Waals surface area contributed by atoms with Gasteiger partial charge in [-0.2, -0.15) is 0 Å². The number of guanidine groups is 1. The van der Waals surface area contributed by atoms with E-state index in [0.717, 1.165) is 24.4 Å². The summed E-state index contributed by atoms with van der Waals surface area (Å²) in [6, 6.07) is 0. The second-order valence-corrected chi connectivity index (χ2v) is 7.65. The van der Waals surface area contributed by atoms with Crippen LogP contribution in [-0.2, 0) is 17.6 Å². The lowest BCUT2D eigenvalue weighted by Crippen LogP contribution is -2.48. The van der Waals surface area contributed by atoms with E-state index in [1.807, 2.05) is 20.8 Å². The van der Waals surface area contributed by atoms with Crippen molar-refractivity contribution in [2.75, 3.05) is 20.1 Å². The molecule has 0 aliphatic heterocycles. The fourth-order valence-electron chi connectivity index (χ4n) is 2.06. The third-order valence-corrected chi connectivity index (χ3v) is 4.13. The van der Waals surface area contributed by atoms with Crippen LogP contribution in [0.15, 0.2) is 4.99 Å². The third kappa shape index (κ3) is 8.81. The summed E-state index contributed by atoms with van der Waals surface area (Å²) in [4.78, 5) is 21.8. The molecule has 8 heteroatoms. The normalized spacial score (nSPS) is 11.7. The van der Waals surface area contributed by atoms with Gasteiger partial charge in [-0.05, 0) is 34.1 Å². The maximum absolute atomic E-state index is 11.8. The van der Waals surface area contributed by atoms with Gasteiger partial charge in [0.2, 0.25) is 5.91 Å².